The van der Waals surface area contributed by atoms with Crippen molar-refractivity contribution in [1.82, 2.24) is 9.62 Å². The van der Waals surface area contributed by atoms with E-state index in [2.05, 4.69) is 5.32 Å². The average Bonchev–Trinajstić information content (AvgIpc) is 2.41. The molecule has 0 aromatic heterocycles. The molecule has 1 unspecified atom stereocenters. The number of amides is 1. The van der Waals surface area contributed by atoms with Crippen molar-refractivity contribution in [1.29, 1.82) is 0 Å². The molecule has 0 bridgehead atoms. The van der Waals surface area contributed by atoms with Crippen molar-refractivity contribution in [2.75, 3.05) is 13.1 Å². The lowest BCUT2D eigenvalue weighted by atomic mass is 10.2. The van der Waals surface area contributed by atoms with Gasteiger partial charge in [-0.3, -0.25) is 4.79 Å². The Balaban J connectivity index is 2.56. The number of sulfonamides is 1. The second-order valence-electron chi connectivity index (χ2n) is 4.53. The van der Waals surface area contributed by atoms with Crippen LogP contribution in [0.25, 0.3) is 0 Å². The molecule has 9 heteroatoms. The van der Waals surface area contributed by atoms with Crippen LogP contribution in [0.3, 0.4) is 0 Å². The van der Waals surface area contributed by atoms with Crippen LogP contribution >= 0.6 is 0 Å². The molecule has 0 radical (unpaired) electrons. The fourth-order valence-corrected chi connectivity index (χ4v) is 3.89. The molecule has 1 aromatic carbocycles. The van der Waals surface area contributed by atoms with E-state index < -0.39 is 44.2 Å². The predicted molar refractivity (Wildman–Crippen MR) is 69.7 cm³/mol. The van der Waals surface area contributed by atoms with E-state index in [0.29, 0.717) is 6.07 Å². The molecule has 114 valence electrons. The van der Waals surface area contributed by atoms with Crippen molar-refractivity contribution in [2.45, 2.75) is 17.9 Å². The van der Waals surface area contributed by atoms with Crippen LogP contribution in [0.2, 0.25) is 0 Å². The highest BCUT2D eigenvalue weighted by molar-refractivity contribution is 7.89. The molecule has 1 amide bonds. The van der Waals surface area contributed by atoms with Gasteiger partial charge in [-0.1, -0.05) is 0 Å². The second kappa shape index (κ2) is 5.41. The van der Waals surface area contributed by atoms with Gasteiger partial charge >= 0.3 is 5.97 Å². The minimum Gasteiger partial charge on any atom is -0.478 e. The van der Waals surface area contributed by atoms with Gasteiger partial charge in [-0.15, -0.1) is 0 Å². The highest BCUT2D eigenvalue weighted by atomic mass is 32.2. The second-order valence-corrected chi connectivity index (χ2v) is 6.39. The normalized spacial score (nSPS) is 20.1. The SMILES string of the molecule is CC1C(=O)NCCN1S(=O)(=O)c1cc(F)ccc1C(=O)O. The smallest absolute Gasteiger partial charge is 0.337 e. The summed E-state index contributed by atoms with van der Waals surface area (Å²) in [6.07, 6.45) is 0. The van der Waals surface area contributed by atoms with E-state index in [1.807, 2.05) is 0 Å². The molecule has 1 heterocycles. The number of benzene rings is 1. The molecule has 0 aliphatic carbocycles. The van der Waals surface area contributed by atoms with Gasteiger partial charge in [0.25, 0.3) is 0 Å². The van der Waals surface area contributed by atoms with Gasteiger partial charge in [-0.2, -0.15) is 4.31 Å². The molecule has 2 rings (SSSR count). The van der Waals surface area contributed by atoms with Crippen LogP contribution in [0, 0.1) is 5.82 Å². The quantitative estimate of drug-likeness (QED) is 0.819. The maximum Gasteiger partial charge on any atom is 0.337 e. The number of nitrogens with one attached hydrogen (secondary N) is 1. The highest BCUT2D eigenvalue weighted by Gasteiger charge is 2.37. The van der Waals surface area contributed by atoms with Gasteiger partial charge in [0.15, 0.2) is 0 Å². The van der Waals surface area contributed by atoms with Crippen molar-refractivity contribution in [2.24, 2.45) is 0 Å². The summed E-state index contributed by atoms with van der Waals surface area (Å²) < 4.78 is 39.3. The molecule has 1 aromatic rings. The van der Waals surface area contributed by atoms with Gasteiger partial charge in [-0.25, -0.2) is 17.6 Å². The Kier molecular flexibility index (Phi) is 3.97. The Labute approximate surface area is 120 Å². The summed E-state index contributed by atoms with van der Waals surface area (Å²) in [6.45, 7) is 1.48. The number of carbonyl (C=O) groups is 2. The first kappa shape index (κ1) is 15.4. The summed E-state index contributed by atoms with van der Waals surface area (Å²) in [5, 5.41) is 11.6. The largest absolute Gasteiger partial charge is 0.478 e. The van der Waals surface area contributed by atoms with E-state index in [1.54, 1.807) is 0 Å². The van der Waals surface area contributed by atoms with Crippen LogP contribution in [0.15, 0.2) is 23.1 Å². The summed E-state index contributed by atoms with van der Waals surface area (Å²) >= 11 is 0. The summed E-state index contributed by atoms with van der Waals surface area (Å²) in [6, 6.07) is 1.42. The van der Waals surface area contributed by atoms with Gasteiger partial charge in [0.05, 0.1) is 10.5 Å². The van der Waals surface area contributed by atoms with E-state index in [9.17, 15) is 22.4 Å². The molecule has 21 heavy (non-hydrogen) atoms. The van der Waals surface area contributed by atoms with Crippen molar-refractivity contribution in [3.05, 3.63) is 29.6 Å². The Morgan fingerprint density at radius 1 is 1.48 bits per heavy atom. The standard InChI is InChI=1S/C12H13FN2O5S/c1-7-11(16)14-4-5-15(7)21(19,20)10-6-8(13)2-3-9(10)12(17)18/h2-3,6-7H,4-5H2,1H3,(H,14,16)(H,17,18). The van der Waals surface area contributed by atoms with Crippen LogP contribution < -0.4 is 5.32 Å². The third-order valence-electron chi connectivity index (χ3n) is 3.20. The number of carbonyl (C=O) groups excluding carboxylic acids is 1. The van der Waals surface area contributed by atoms with Crippen LogP contribution in [0.5, 0.6) is 0 Å². The van der Waals surface area contributed by atoms with E-state index in [1.165, 1.54) is 6.92 Å². The van der Waals surface area contributed by atoms with Crippen LogP contribution in [-0.2, 0) is 14.8 Å². The average molecular weight is 316 g/mol. The van der Waals surface area contributed by atoms with E-state index >= 15 is 0 Å². The Bertz CT molecular complexity index is 704. The van der Waals surface area contributed by atoms with E-state index in [-0.39, 0.29) is 13.1 Å². The van der Waals surface area contributed by atoms with Crippen molar-refractivity contribution >= 4 is 21.9 Å². The van der Waals surface area contributed by atoms with Crippen molar-refractivity contribution < 1.29 is 27.5 Å². The Morgan fingerprint density at radius 2 is 2.14 bits per heavy atom. The van der Waals surface area contributed by atoms with Crippen molar-refractivity contribution in [3.63, 3.8) is 0 Å². The monoisotopic (exact) mass is 316 g/mol. The highest BCUT2D eigenvalue weighted by Crippen LogP contribution is 2.24. The molecule has 1 aliphatic rings. The zero-order valence-corrected chi connectivity index (χ0v) is 11.9. The predicted octanol–water partition coefficient (Wildman–Crippen LogP) is 0.0329. The number of aromatic carboxylic acids is 1. The zero-order valence-electron chi connectivity index (χ0n) is 11.0. The fourth-order valence-electron chi connectivity index (χ4n) is 2.10. The molecule has 7 nitrogen and oxygen atoms in total. The molecule has 2 N–H and O–H groups in total. The van der Waals surface area contributed by atoms with Gasteiger partial charge in [0.1, 0.15) is 11.9 Å². The number of rotatable bonds is 3. The Morgan fingerprint density at radius 3 is 2.76 bits per heavy atom. The molecule has 1 atom stereocenters. The number of nitrogens with zero attached hydrogens (tertiary/aromatic N) is 1. The fraction of sp³-hybridized carbons (Fsp3) is 0.333. The number of hydrogen-bond acceptors (Lipinski definition) is 4. The zero-order chi connectivity index (χ0) is 15.8. The Hall–Kier alpha value is -2.00. The van der Waals surface area contributed by atoms with Crippen LogP contribution in [-0.4, -0.2) is 48.8 Å². The molecule has 1 fully saturated rings. The van der Waals surface area contributed by atoms with Gasteiger partial charge < -0.3 is 10.4 Å². The molecule has 0 spiro atoms. The minimum atomic E-state index is -4.29. The minimum absolute atomic E-state index is 0.00911. The topological polar surface area (TPSA) is 104 Å². The van der Waals surface area contributed by atoms with Gasteiger partial charge in [0.2, 0.25) is 15.9 Å². The molecule has 1 aliphatic heterocycles. The van der Waals surface area contributed by atoms with E-state index in [4.69, 9.17) is 5.11 Å². The van der Waals surface area contributed by atoms with Gasteiger partial charge in [0, 0.05) is 13.1 Å². The summed E-state index contributed by atoms with van der Waals surface area (Å²) in [5.74, 6) is -2.84. The lowest BCUT2D eigenvalue weighted by Gasteiger charge is -2.32. The molecule has 1 saturated heterocycles. The van der Waals surface area contributed by atoms with Crippen molar-refractivity contribution in [3.8, 4) is 0 Å². The first-order chi connectivity index (χ1) is 9.75. The molecular weight excluding hydrogens is 303 g/mol. The summed E-state index contributed by atoms with van der Waals surface area (Å²) in [5.41, 5.74) is -0.533. The maximum atomic E-state index is 13.3. The van der Waals surface area contributed by atoms with Crippen LogP contribution in [0.1, 0.15) is 17.3 Å². The number of piperazine rings is 1. The number of hydrogen-bond donors (Lipinski definition) is 2. The third kappa shape index (κ3) is 2.74. The molecule has 0 saturated carbocycles. The lowest BCUT2D eigenvalue weighted by molar-refractivity contribution is -0.126. The first-order valence-electron chi connectivity index (χ1n) is 6.07. The summed E-state index contributed by atoms with van der Waals surface area (Å²) in [7, 11) is -4.29. The number of halogens is 1. The van der Waals surface area contributed by atoms with Gasteiger partial charge in [-0.05, 0) is 25.1 Å². The lowest BCUT2D eigenvalue weighted by Crippen LogP contribution is -2.55. The first-order valence-corrected chi connectivity index (χ1v) is 7.51. The molecular formula is C12H13FN2O5S. The number of carboxylic acids is 1. The van der Waals surface area contributed by atoms with E-state index in [0.717, 1.165) is 16.4 Å². The third-order valence-corrected chi connectivity index (χ3v) is 5.21. The maximum absolute atomic E-state index is 13.3. The van der Waals surface area contributed by atoms with Crippen LogP contribution in [0.4, 0.5) is 4.39 Å². The summed E-state index contributed by atoms with van der Waals surface area (Å²) in [4.78, 5) is 22.0. The number of carboxylic acid groups (broad SMARTS) is 1.